The zero-order valence-electron chi connectivity index (χ0n) is 20.8. The van der Waals surface area contributed by atoms with E-state index in [4.69, 9.17) is 14.2 Å². The van der Waals surface area contributed by atoms with Crippen LogP contribution in [0.1, 0.15) is 23.6 Å². The number of hydrogen-bond acceptors (Lipinski definition) is 10. The molecule has 3 rings (SSSR count). The van der Waals surface area contributed by atoms with Gasteiger partial charge in [-0.2, -0.15) is 14.6 Å². The highest BCUT2D eigenvalue weighted by Gasteiger charge is 2.18. The highest BCUT2D eigenvalue weighted by atomic mass is 32.2. The number of hydrogen-bond donors (Lipinski definition) is 1. The molecule has 0 aliphatic heterocycles. The molecule has 0 atom stereocenters. The second-order valence-corrected chi connectivity index (χ2v) is 10.5. The zero-order chi connectivity index (χ0) is 27.0. The van der Waals surface area contributed by atoms with Crippen LogP contribution in [0.5, 0.6) is 17.2 Å². The lowest BCUT2D eigenvalue weighted by Gasteiger charge is -2.14. The molecule has 0 bridgehead atoms. The molecule has 0 saturated heterocycles. The molecule has 0 aliphatic rings. The Morgan fingerprint density at radius 1 is 1.08 bits per heavy atom. The summed E-state index contributed by atoms with van der Waals surface area (Å²) in [5, 5.41) is 11.5. The molecule has 37 heavy (non-hydrogen) atoms. The Labute approximate surface area is 219 Å². The summed E-state index contributed by atoms with van der Waals surface area (Å²) in [5.41, 5.74) is 2.53. The van der Waals surface area contributed by atoms with Gasteiger partial charge in [-0.3, -0.25) is 10.1 Å². The van der Waals surface area contributed by atoms with E-state index in [0.29, 0.717) is 41.8 Å². The summed E-state index contributed by atoms with van der Waals surface area (Å²) < 4.78 is 44.1. The van der Waals surface area contributed by atoms with Crippen LogP contribution in [-0.4, -0.2) is 49.8 Å². The number of ether oxygens (including phenoxy) is 3. The number of sulfone groups is 1. The molecule has 1 aromatic heterocycles. The van der Waals surface area contributed by atoms with Gasteiger partial charge < -0.3 is 14.2 Å². The van der Waals surface area contributed by atoms with Gasteiger partial charge in [0.1, 0.15) is 30.6 Å². The summed E-state index contributed by atoms with van der Waals surface area (Å²) in [6.45, 7) is 6.84. The van der Waals surface area contributed by atoms with Crippen molar-refractivity contribution >= 4 is 38.5 Å². The van der Waals surface area contributed by atoms with Gasteiger partial charge in [0, 0.05) is 17.8 Å². The number of rotatable bonds is 11. The summed E-state index contributed by atoms with van der Waals surface area (Å²) in [7, 11) is -3.61. The molecule has 0 aliphatic carbocycles. The van der Waals surface area contributed by atoms with E-state index in [1.165, 1.54) is 6.08 Å². The molecule has 1 amide bonds. The highest BCUT2D eigenvalue weighted by Crippen LogP contribution is 2.30. The molecule has 12 heteroatoms. The predicted octanol–water partition coefficient (Wildman–Crippen LogP) is 3.96. The van der Waals surface area contributed by atoms with E-state index in [1.54, 1.807) is 18.2 Å². The average molecular weight is 543 g/mol. The highest BCUT2D eigenvalue weighted by molar-refractivity contribution is 7.90. The van der Waals surface area contributed by atoms with E-state index in [0.717, 1.165) is 23.1 Å². The largest absolute Gasteiger partial charge is 0.490 e. The number of carbonyl (C=O) groups is 1. The summed E-state index contributed by atoms with van der Waals surface area (Å²) in [5.74, 6) is 0.986. The SMILES string of the molecule is CCOc1cc(/C=C(/C#N)C(=O)Nc2nc(S(C)(=O)=O)ns2)ccc1OCCOc1ccc(C)cc1C. The van der Waals surface area contributed by atoms with Crippen LogP contribution < -0.4 is 19.5 Å². The third-order valence-electron chi connectivity index (χ3n) is 4.83. The third kappa shape index (κ3) is 7.77. The molecule has 0 radical (unpaired) electrons. The van der Waals surface area contributed by atoms with Gasteiger partial charge >= 0.3 is 0 Å². The summed E-state index contributed by atoms with van der Waals surface area (Å²) in [4.78, 5) is 16.3. The van der Waals surface area contributed by atoms with E-state index < -0.39 is 20.9 Å². The molecule has 0 fully saturated rings. The van der Waals surface area contributed by atoms with E-state index >= 15 is 0 Å². The van der Waals surface area contributed by atoms with Crippen molar-refractivity contribution < 1.29 is 27.4 Å². The van der Waals surface area contributed by atoms with Crippen molar-refractivity contribution in [2.75, 3.05) is 31.4 Å². The van der Waals surface area contributed by atoms with Gasteiger partial charge in [0.15, 0.2) is 11.5 Å². The maximum atomic E-state index is 12.5. The van der Waals surface area contributed by atoms with Gasteiger partial charge in [-0.15, -0.1) is 0 Å². The lowest BCUT2D eigenvalue weighted by atomic mass is 10.1. The molecule has 2 aromatic carbocycles. The van der Waals surface area contributed by atoms with Crippen LogP contribution in [0.15, 0.2) is 47.1 Å². The molecule has 0 spiro atoms. The average Bonchev–Trinajstić information content (AvgIpc) is 3.31. The second-order valence-electron chi connectivity index (χ2n) is 7.88. The Morgan fingerprint density at radius 3 is 2.41 bits per heavy atom. The van der Waals surface area contributed by atoms with Crippen molar-refractivity contribution in [2.24, 2.45) is 0 Å². The Morgan fingerprint density at radius 2 is 1.78 bits per heavy atom. The Balaban J connectivity index is 1.68. The van der Waals surface area contributed by atoms with Gasteiger partial charge in [-0.1, -0.05) is 23.8 Å². The zero-order valence-corrected chi connectivity index (χ0v) is 22.4. The molecular weight excluding hydrogens is 516 g/mol. The number of anilines is 1. The number of nitriles is 1. The summed E-state index contributed by atoms with van der Waals surface area (Å²) in [6, 6.07) is 12.8. The number of amides is 1. The first-order chi connectivity index (χ1) is 17.6. The van der Waals surface area contributed by atoms with Crippen LogP contribution in [0, 0.1) is 25.2 Å². The lowest BCUT2D eigenvalue weighted by Crippen LogP contribution is -2.13. The molecule has 10 nitrogen and oxygen atoms in total. The maximum absolute atomic E-state index is 12.5. The second kappa shape index (κ2) is 12.3. The molecule has 0 unspecified atom stereocenters. The topological polar surface area (TPSA) is 140 Å². The van der Waals surface area contributed by atoms with Crippen LogP contribution >= 0.6 is 11.5 Å². The Kier molecular flexibility index (Phi) is 9.21. The van der Waals surface area contributed by atoms with Gasteiger partial charge in [-0.25, -0.2) is 8.42 Å². The molecule has 0 saturated carbocycles. The van der Waals surface area contributed by atoms with Gasteiger partial charge in [-0.05, 0) is 56.2 Å². The minimum atomic E-state index is -3.61. The first kappa shape index (κ1) is 27.6. The fourth-order valence-electron chi connectivity index (χ4n) is 3.16. The fraction of sp³-hybridized carbons (Fsp3) is 0.280. The standard InChI is InChI=1S/C25H26N4O6S2/c1-5-33-22-14-18(7-9-21(22)35-11-10-34-20-8-6-16(2)12-17(20)3)13-19(15-26)23(30)27-24-28-25(29-36-24)37(4,31)32/h6-9,12-14H,5,10-11H2,1-4H3,(H,27,28,29,30)/b19-13-. The smallest absolute Gasteiger partial charge is 0.268 e. The van der Waals surface area contributed by atoms with Crippen LogP contribution in [0.4, 0.5) is 5.13 Å². The molecule has 1 N–H and O–H groups in total. The number of carbonyl (C=O) groups excluding carboxylic acids is 1. The predicted molar refractivity (Wildman–Crippen MR) is 140 cm³/mol. The lowest BCUT2D eigenvalue weighted by molar-refractivity contribution is -0.112. The van der Waals surface area contributed by atoms with Gasteiger partial charge in [0.2, 0.25) is 15.0 Å². The molecule has 1 heterocycles. The maximum Gasteiger partial charge on any atom is 0.268 e. The fourth-order valence-corrected chi connectivity index (χ4v) is 4.60. The van der Waals surface area contributed by atoms with Crippen LogP contribution in [-0.2, 0) is 14.6 Å². The van der Waals surface area contributed by atoms with E-state index in [9.17, 15) is 18.5 Å². The number of nitrogens with zero attached hydrogens (tertiary/aromatic N) is 3. The van der Waals surface area contributed by atoms with Gasteiger partial charge in [0.05, 0.1) is 6.61 Å². The number of nitrogens with one attached hydrogen (secondary N) is 1. The number of aromatic nitrogens is 2. The molecule has 3 aromatic rings. The Bertz CT molecular complexity index is 1460. The van der Waals surface area contributed by atoms with E-state index in [1.807, 2.05) is 45.0 Å². The first-order valence-electron chi connectivity index (χ1n) is 11.2. The molecular formula is C25H26N4O6S2. The quantitative estimate of drug-likeness (QED) is 0.216. The minimum Gasteiger partial charge on any atom is -0.490 e. The number of benzene rings is 2. The monoisotopic (exact) mass is 542 g/mol. The van der Waals surface area contributed by atoms with Crippen LogP contribution in [0.3, 0.4) is 0 Å². The minimum absolute atomic E-state index is 0.0339. The van der Waals surface area contributed by atoms with Gasteiger partial charge in [0.25, 0.3) is 11.1 Å². The van der Waals surface area contributed by atoms with Crippen molar-refractivity contribution in [2.45, 2.75) is 25.9 Å². The van der Waals surface area contributed by atoms with Crippen molar-refractivity contribution in [3.05, 3.63) is 58.7 Å². The number of aryl methyl sites for hydroxylation is 2. The van der Waals surface area contributed by atoms with Crippen LogP contribution in [0.25, 0.3) is 6.08 Å². The van der Waals surface area contributed by atoms with Crippen molar-refractivity contribution in [3.63, 3.8) is 0 Å². The van der Waals surface area contributed by atoms with Crippen molar-refractivity contribution in [3.8, 4) is 23.3 Å². The first-order valence-corrected chi connectivity index (χ1v) is 13.8. The third-order valence-corrected chi connectivity index (χ3v) is 6.42. The molecule has 194 valence electrons. The van der Waals surface area contributed by atoms with Crippen LogP contribution in [0.2, 0.25) is 0 Å². The summed E-state index contributed by atoms with van der Waals surface area (Å²) in [6.07, 6.45) is 2.34. The normalized spacial score (nSPS) is 11.5. The van der Waals surface area contributed by atoms with E-state index in [2.05, 4.69) is 14.7 Å². The van der Waals surface area contributed by atoms with Crippen molar-refractivity contribution in [1.29, 1.82) is 5.26 Å². The summed E-state index contributed by atoms with van der Waals surface area (Å²) >= 11 is 0.704. The Hall–Kier alpha value is -3.95. The van der Waals surface area contributed by atoms with Crippen molar-refractivity contribution in [1.82, 2.24) is 9.36 Å². The van der Waals surface area contributed by atoms with E-state index in [-0.39, 0.29) is 17.3 Å².